The Labute approximate surface area is 158 Å². The number of nitrogens with two attached hydrogens (primary N) is 1. The van der Waals surface area contributed by atoms with Crippen LogP contribution >= 0.6 is 37.9 Å². The van der Waals surface area contributed by atoms with Crippen LogP contribution in [0.3, 0.4) is 0 Å². The second-order valence-corrected chi connectivity index (χ2v) is 6.76. The van der Waals surface area contributed by atoms with Crippen molar-refractivity contribution in [3.63, 3.8) is 0 Å². The molecule has 120 valence electrons. The highest BCUT2D eigenvalue weighted by molar-refractivity contribution is 7.83. The zero-order valence-corrected chi connectivity index (χ0v) is 15.5. The lowest BCUT2D eigenvalue weighted by atomic mass is 10.1. The lowest BCUT2D eigenvalue weighted by Crippen LogP contribution is -1.86. The highest BCUT2D eigenvalue weighted by Gasteiger charge is 2.00. The Bertz CT molecular complexity index is 929. The fraction of sp³-hybridized carbons (Fsp3) is 0. The number of nitrogen functional groups attached to an aromatic ring is 1. The van der Waals surface area contributed by atoms with Crippen molar-refractivity contribution in [2.24, 2.45) is 0 Å². The number of hydrogen-bond donors (Lipinski definition) is 4. The van der Waals surface area contributed by atoms with Gasteiger partial charge < -0.3 is 5.73 Å². The largest absolute Gasteiger partial charge is 0.398 e. The summed E-state index contributed by atoms with van der Waals surface area (Å²) in [6.45, 7) is 0. The molecule has 24 heavy (non-hydrogen) atoms. The topological polar surface area (TPSA) is 26.0 Å². The monoisotopic (exact) mass is 367 g/mol. The van der Waals surface area contributed by atoms with Crippen LogP contribution in [-0.4, -0.2) is 0 Å². The van der Waals surface area contributed by atoms with Crippen LogP contribution in [0.15, 0.2) is 87.5 Å². The summed E-state index contributed by atoms with van der Waals surface area (Å²) in [5.74, 6) is 0. The van der Waals surface area contributed by atoms with E-state index in [9.17, 15) is 0 Å². The third kappa shape index (κ3) is 3.51. The van der Waals surface area contributed by atoms with Crippen LogP contribution in [0.25, 0.3) is 21.5 Å². The lowest BCUT2D eigenvalue weighted by Gasteiger charge is -2.03. The first kappa shape index (κ1) is 17.1. The van der Waals surface area contributed by atoms with Crippen LogP contribution in [0.2, 0.25) is 0 Å². The molecule has 0 aromatic heterocycles. The summed E-state index contributed by atoms with van der Waals surface area (Å²) in [5, 5.41) is 4.66. The molecule has 1 nitrogen and oxygen atoms in total. The second-order valence-electron chi connectivity index (χ2n) is 5.38. The number of hydrogen-bond acceptors (Lipinski definition) is 4. The normalized spacial score (nSPS) is 10.5. The number of anilines is 1. The molecule has 0 unspecified atom stereocenters. The van der Waals surface area contributed by atoms with E-state index >= 15 is 0 Å². The number of fused-ring (bicyclic) bond motifs is 2. The van der Waals surface area contributed by atoms with Gasteiger partial charge in [-0.05, 0) is 33.7 Å². The molecule has 0 heterocycles. The minimum atomic E-state index is 0.733. The molecule has 0 aliphatic carbocycles. The third-order valence-electron chi connectivity index (χ3n) is 3.81. The van der Waals surface area contributed by atoms with Crippen LogP contribution in [0.4, 0.5) is 5.69 Å². The van der Waals surface area contributed by atoms with Gasteiger partial charge in [-0.3, -0.25) is 0 Å². The SMILES string of the molecule is Nc1ccc2ccccc2c1S.Sc1ccc2ccccc2c1S. The molecule has 4 heteroatoms. The zero-order valence-electron chi connectivity index (χ0n) is 12.8. The minimum absolute atomic E-state index is 0.733. The molecular weight excluding hydrogens is 350 g/mol. The maximum Gasteiger partial charge on any atom is 0.0456 e. The predicted molar refractivity (Wildman–Crippen MR) is 114 cm³/mol. The van der Waals surface area contributed by atoms with Gasteiger partial charge in [-0.1, -0.05) is 60.7 Å². The molecule has 0 spiro atoms. The van der Waals surface area contributed by atoms with Crippen molar-refractivity contribution in [2.45, 2.75) is 14.7 Å². The Morgan fingerprint density at radius 1 is 0.542 bits per heavy atom. The molecule has 0 bridgehead atoms. The van der Waals surface area contributed by atoms with Crippen molar-refractivity contribution in [3.8, 4) is 0 Å². The van der Waals surface area contributed by atoms with E-state index in [2.05, 4.69) is 62.2 Å². The average molecular weight is 368 g/mol. The van der Waals surface area contributed by atoms with E-state index in [-0.39, 0.29) is 0 Å². The van der Waals surface area contributed by atoms with E-state index in [4.69, 9.17) is 5.73 Å². The van der Waals surface area contributed by atoms with Crippen molar-refractivity contribution in [3.05, 3.63) is 72.8 Å². The van der Waals surface area contributed by atoms with Crippen molar-refractivity contribution >= 4 is 65.1 Å². The minimum Gasteiger partial charge on any atom is -0.398 e. The van der Waals surface area contributed by atoms with E-state index in [1.165, 1.54) is 10.8 Å². The smallest absolute Gasteiger partial charge is 0.0456 e. The quantitative estimate of drug-likeness (QED) is 0.218. The number of rotatable bonds is 0. The van der Waals surface area contributed by atoms with Gasteiger partial charge in [0.15, 0.2) is 0 Å². The summed E-state index contributed by atoms with van der Waals surface area (Å²) < 4.78 is 0. The van der Waals surface area contributed by atoms with Gasteiger partial charge >= 0.3 is 0 Å². The predicted octanol–water partition coefficient (Wildman–Crippen LogP) is 6.13. The highest BCUT2D eigenvalue weighted by Crippen LogP contribution is 2.28. The Kier molecular flexibility index (Phi) is 5.29. The first-order valence-corrected chi connectivity index (χ1v) is 8.78. The lowest BCUT2D eigenvalue weighted by molar-refractivity contribution is 1.32. The van der Waals surface area contributed by atoms with E-state index in [1.807, 2.05) is 48.5 Å². The second kappa shape index (κ2) is 7.43. The van der Waals surface area contributed by atoms with E-state index in [0.717, 1.165) is 31.1 Å². The van der Waals surface area contributed by atoms with Gasteiger partial charge in [0.1, 0.15) is 0 Å². The highest BCUT2D eigenvalue weighted by atomic mass is 32.1. The van der Waals surface area contributed by atoms with Gasteiger partial charge in [0.25, 0.3) is 0 Å². The maximum atomic E-state index is 5.71. The maximum absolute atomic E-state index is 5.71. The van der Waals surface area contributed by atoms with Crippen LogP contribution in [0.1, 0.15) is 0 Å². The molecule has 0 saturated heterocycles. The molecule has 0 fully saturated rings. The van der Waals surface area contributed by atoms with Crippen LogP contribution in [-0.2, 0) is 0 Å². The molecular formula is C20H17NS3. The molecule has 4 aromatic rings. The fourth-order valence-corrected chi connectivity index (χ4v) is 3.27. The molecule has 0 amide bonds. The van der Waals surface area contributed by atoms with E-state index in [0.29, 0.717) is 0 Å². The van der Waals surface area contributed by atoms with Crippen molar-refractivity contribution in [2.75, 3.05) is 5.73 Å². The Hall–Kier alpha value is -1.75. The molecule has 2 N–H and O–H groups in total. The number of benzene rings is 4. The average Bonchev–Trinajstić information content (AvgIpc) is 2.62. The third-order valence-corrected chi connectivity index (χ3v) is 5.34. The summed E-state index contributed by atoms with van der Waals surface area (Å²) in [7, 11) is 0. The van der Waals surface area contributed by atoms with Crippen LogP contribution in [0, 0.1) is 0 Å². The van der Waals surface area contributed by atoms with Gasteiger partial charge in [-0.2, -0.15) is 0 Å². The van der Waals surface area contributed by atoms with Gasteiger partial charge in [-0.15, -0.1) is 37.9 Å². The molecule has 0 atom stereocenters. The molecule has 4 aromatic carbocycles. The Balaban J connectivity index is 0.000000141. The molecule has 0 aliphatic rings. The van der Waals surface area contributed by atoms with Gasteiger partial charge in [0.05, 0.1) is 0 Å². The first-order valence-electron chi connectivity index (χ1n) is 7.44. The summed E-state index contributed by atoms with van der Waals surface area (Å²) in [6, 6.07) is 24.1. The molecule has 0 aliphatic heterocycles. The van der Waals surface area contributed by atoms with Gasteiger partial charge in [-0.25, -0.2) is 0 Å². The fourth-order valence-electron chi connectivity index (χ4n) is 2.52. The standard InChI is InChI=1S/C10H9NS.C10H8S2/c2*11-9-6-5-7-3-1-2-4-8(7)10(9)12/h1-6,12H,11H2;1-6,11-12H. The molecule has 4 rings (SSSR count). The van der Waals surface area contributed by atoms with Crippen LogP contribution in [0.5, 0.6) is 0 Å². The molecule has 0 saturated carbocycles. The summed E-state index contributed by atoms with van der Waals surface area (Å²) >= 11 is 13.0. The van der Waals surface area contributed by atoms with Gasteiger partial charge in [0, 0.05) is 20.4 Å². The summed E-state index contributed by atoms with van der Waals surface area (Å²) in [6.07, 6.45) is 0. The number of thiol groups is 3. The zero-order chi connectivity index (χ0) is 17.1. The van der Waals surface area contributed by atoms with Crippen molar-refractivity contribution in [1.82, 2.24) is 0 Å². The van der Waals surface area contributed by atoms with Crippen LogP contribution < -0.4 is 5.73 Å². The van der Waals surface area contributed by atoms with Crippen molar-refractivity contribution in [1.29, 1.82) is 0 Å². The Morgan fingerprint density at radius 2 is 1.04 bits per heavy atom. The Morgan fingerprint density at radius 3 is 1.67 bits per heavy atom. The first-order chi connectivity index (χ1) is 11.6. The summed E-state index contributed by atoms with van der Waals surface area (Å²) in [5.41, 5.74) is 6.44. The summed E-state index contributed by atoms with van der Waals surface area (Å²) in [4.78, 5) is 2.75. The van der Waals surface area contributed by atoms with Gasteiger partial charge in [0.2, 0.25) is 0 Å². The molecule has 0 radical (unpaired) electrons. The van der Waals surface area contributed by atoms with Crippen molar-refractivity contribution < 1.29 is 0 Å². The van der Waals surface area contributed by atoms with E-state index in [1.54, 1.807) is 0 Å². The van der Waals surface area contributed by atoms with E-state index < -0.39 is 0 Å².